The molecule has 0 saturated heterocycles. The number of aldehydes is 1. The van der Waals surface area contributed by atoms with Gasteiger partial charge in [-0.05, 0) is 56.9 Å². The van der Waals surface area contributed by atoms with Crippen LogP contribution in [0.25, 0.3) is 15.8 Å². The number of allylic oxidation sites excluding steroid dienone is 2. The van der Waals surface area contributed by atoms with E-state index >= 15 is 0 Å². The average Bonchev–Trinajstić information content (AvgIpc) is 3.24. The summed E-state index contributed by atoms with van der Waals surface area (Å²) >= 11 is 1.22. The Morgan fingerprint density at radius 3 is 2.28 bits per heavy atom. The number of rotatable bonds is 10. The van der Waals surface area contributed by atoms with Crippen LogP contribution in [0.5, 0.6) is 5.75 Å². The summed E-state index contributed by atoms with van der Waals surface area (Å²) in [4.78, 5) is 30.8. The first-order chi connectivity index (χ1) is 17.1. The number of urea groups is 1. The first-order valence-electron chi connectivity index (χ1n) is 12.1. The van der Waals surface area contributed by atoms with Gasteiger partial charge in [-0.25, -0.2) is 9.78 Å². The molecule has 200 valence electrons. The highest BCUT2D eigenvalue weighted by atomic mass is 32.1. The van der Waals surface area contributed by atoms with Crippen LogP contribution in [0.2, 0.25) is 0 Å². The maximum Gasteiger partial charge on any atom is 0.321 e. The van der Waals surface area contributed by atoms with E-state index in [9.17, 15) is 14.7 Å². The highest BCUT2D eigenvalue weighted by Gasteiger charge is 2.20. The van der Waals surface area contributed by atoms with Gasteiger partial charge < -0.3 is 20.3 Å². The summed E-state index contributed by atoms with van der Waals surface area (Å²) in [7, 11) is 1.00. The molecule has 0 spiro atoms. The molecular weight excluding hydrogens is 476 g/mol. The minimum Gasteiger partial charge on any atom is -0.506 e. The minimum atomic E-state index is -0.323. The second kappa shape index (κ2) is 17.4. The number of phenols is 1. The van der Waals surface area contributed by atoms with Crippen LogP contribution in [0.1, 0.15) is 72.8 Å². The molecule has 0 atom stereocenters. The number of fused-ring (bicyclic) bond motifs is 1. The molecule has 0 aliphatic rings. The molecule has 2 amide bonds. The summed E-state index contributed by atoms with van der Waals surface area (Å²) in [5.74, 6) is 0.105. The zero-order valence-electron chi connectivity index (χ0n) is 22.6. The number of nitrogens with zero attached hydrogens (tertiary/aromatic N) is 2. The van der Waals surface area contributed by atoms with Crippen LogP contribution in [0.3, 0.4) is 0 Å². The molecule has 4 N–H and O–H groups in total. The number of anilines is 1. The molecule has 8 nitrogen and oxygen atoms in total. The van der Waals surface area contributed by atoms with Crippen LogP contribution < -0.4 is 10.6 Å². The van der Waals surface area contributed by atoms with Crippen molar-refractivity contribution in [2.24, 2.45) is 10.4 Å². The number of benzene rings is 1. The molecule has 0 unspecified atom stereocenters. The van der Waals surface area contributed by atoms with E-state index in [0.29, 0.717) is 21.9 Å². The van der Waals surface area contributed by atoms with Gasteiger partial charge in [0.1, 0.15) is 12.0 Å². The van der Waals surface area contributed by atoms with Crippen LogP contribution >= 0.6 is 11.3 Å². The van der Waals surface area contributed by atoms with E-state index in [1.54, 1.807) is 18.3 Å². The second-order valence-corrected chi connectivity index (χ2v) is 9.48. The van der Waals surface area contributed by atoms with E-state index in [0.717, 1.165) is 55.9 Å². The van der Waals surface area contributed by atoms with Gasteiger partial charge in [0.05, 0.1) is 10.2 Å². The first kappa shape index (κ1) is 33.0. The number of carbonyl (C=O) groups excluding carboxylic acids is 2. The quantitative estimate of drug-likeness (QED) is 0.161. The van der Waals surface area contributed by atoms with Gasteiger partial charge in [-0.1, -0.05) is 57.6 Å². The molecule has 0 fully saturated rings. The fraction of sp³-hybridized carbons (Fsp3) is 0.481. The second-order valence-electron chi connectivity index (χ2n) is 8.48. The lowest BCUT2D eigenvalue weighted by Crippen LogP contribution is -2.28. The summed E-state index contributed by atoms with van der Waals surface area (Å²) in [6, 6.07) is 3.16. The molecule has 0 radical (unpaired) electrons. The maximum absolute atomic E-state index is 11.6. The van der Waals surface area contributed by atoms with Gasteiger partial charge in [0.15, 0.2) is 5.13 Å². The Morgan fingerprint density at radius 1 is 1.19 bits per heavy atom. The summed E-state index contributed by atoms with van der Waals surface area (Å²) in [5.41, 5.74) is 3.02. The lowest BCUT2D eigenvalue weighted by molar-refractivity contribution is -0.116. The van der Waals surface area contributed by atoms with Gasteiger partial charge in [0, 0.05) is 31.0 Å². The van der Waals surface area contributed by atoms with Crippen molar-refractivity contribution in [1.82, 2.24) is 10.3 Å². The van der Waals surface area contributed by atoms with E-state index < -0.39 is 0 Å². The van der Waals surface area contributed by atoms with Gasteiger partial charge in [0.2, 0.25) is 0 Å². The standard InChI is InChI=1S/C17H20N4O2S.C9H18O.CH4O/c1-5-11(9-19-10(3)4)12-7-13-15(14(22)8-12)24-17(20-13)21-16(23)18-6-2;1-4-6-9(3,8-10)7-5-2;1-2/h5,7-9,22H,1,6H2,2-4H3,(H2,18,20,21,23);8H,4-7H2,1-3H3;2H,1H3/b11-9+;;. The Balaban J connectivity index is 0.000000861. The minimum absolute atomic E-state index is 0.0382. The van der Waals surface area contributed by atoms with Gasteiger partial charge in [-0.15, -0.1) is 0 Å². The van der Waals surface area contributed by atoms with Crippen molar-refractivity contribution in [2.45, 2.75) is 67.2 Å². The third kappa shape index (κ3) is 11.1. The molecule has 0 aliphatic heterocycles. The number of aromatic nitrogens is 1. The number of carbonyl (C=O) groups is 2. The number of nitrogens with one attached hydrogen (secondary N) is 2. The van der Waals surface area contributed by atoms with E-state index in [-0.39, 0.29) is 17.2 Å². The molecule has 2 aromatic rings. The third-order valence-electron chi connectivity index (χ3n) is 4.97. The van der Waals surface area contributed by atoms with Crippen molar-refractivity contribution in [1.29, 1.82) is 0 Å². The van der Waals surface area contributed by atoms with Crippen LogP contribution in [0, 0.1) is 5.41 Å². The lowest BCUT2D eigenvalue weighted by Gasteiger charge is -2.20. The molecule has 0 bridgehead atoms. The molecule has 1 heterocycles. The predicted octanol–water partition coefficient (Wildman–Crippen LogP) is 6.55. The summed E-state index contributed by atoms with van der Waals surface area (Å²) in [5, 5.41) is 23.0. The van der Waals surface area contributed by atoms with E-state index in [1.165, 1.54) is 11.3 Å². The molecule has 9 heteroatoms. The summed E-state index contributed by atoms with van der Waals surface area (Å²) in [6.07, 6.45) is 8.76. The monoisotopic (exact) mass is 518 g/mol. The number of aliphatic imine (C=N–C) groups is 1. The predicted molar refractivity (Wildman–Crippen MR) is 153 cm³/mol. The SMILES string of the molecule is C=C/C(=C\N=C(C)C)c1cc(O)c2sc(NC(=O)NCC)nc2c1.CCCC(C)(C=O)CCC.CO. The molecule has 0 saturated carbocycles. The average molecular weight is 519 g/mol. The van der Waals surface area contributed by atoms with Crippen LogP contribution in [0.4, 0.5) is 9.93 Å². The number of aliphatic hydroxyl groups excluding tert-OH is 1. The maximum atomic E-state index is 11.6. The smallest absolute Gasteiger partial charge is 0.321 e. The lowest BCUT2D eigenvalue weighted by atomic mass is 9.83. The largest absolute Gasteiger partial charge is 0.506 e. The Labute approximate surface area is 219 Å². The highest BCUT2D eigenvalue weighted by molar-refractivity contribution is 7.22. The Kier molecular flexibility index (Phi) is 15.9. The van der Waals surface area contributed by atoms with Crippen molar-refractivity contribution >= 4 is 50.3 Å². The van der Waals surface area contributed by atoms with Gasteiger partial charge >= 0.3 is 6.03 Å². The first-order valence-corrected chi connectivity index (χ1v) is 12.9. The third-order valence-corrected chi connectivity index (χ3v) is 5.98. The van der Waals surface area contributed by atoms with Crippen molar-refractivity contribution in [3.8, 4) is 5.75 Å². The molecular formula is C27H42N4O4S. The Bertz CT molecular complexity index is 1030. The molecule has 0 aliphatic carbocycles. The number of aliphatic hydroxyl groups is 1. The Hall–Kier alpha value is -3.04. The summed E-state index contributed by atoms with van der Waals surface area (Å²) in [6.45, 7) is 16.2. The number of phenolic OH excluding ortho intramolecular Hbond substituents is 1. The van der Waals surface area contributed by atoms with Crippen LogP contribution in [0.15, 0.2) is 36.0 Å². The topological polar surface area (TPSA) is 124 Å². The van der Waals surface area contributed by atoms with Crippen molar-refractivity contribution in [3.05, 3.63) is 36.6 Å². The zero-order chi connectivity index (χ0) is 27.7. The number of amides is 2. The highest BCUT2D eigenvalue weighted by Crippen LogP contribution is 2.36. The Morgan fingerprint density at radius 2 is 1.81 bits per heavy atom. The van der Waals surface area contributed by atoms with Crippen molar-refractivity contribution in [2.75, 3.05) is 19.0 Å². The fourth-order valence-electron chi connectivity index (χ4n) is 3.37. The normalized spacial score (nSPS) is 10.8. The van der Waals surface area contributed by atoms with Gasteiger partial charge in [-0.2, -0.15) is 0 Å². The van der Waals surface area contributed by atoms with Gasteiger partial charge in [0.25, 0.3) is 0 Å². The van der Waals surface area contributed by atoms with E-state index in [4.69, 9.17) is 5.11 Å². The number of hydrogen-bond acceptors (Lipinski definition) is 7. The van der Waals surface area contributed by atoms with Crippen molar-refractivity contribution in [3.63, 3.8) is 0 Å². The molecule has 36 heavy (non-hydrogen) atoms. The number of thiazole rings is 1. The number of aromatic hydroxyl groups is 1. The summed E-state index contributed by atoms with van der Waals surface area (Å²) < 4.78 is 0.615. The van der Waals surface area contributed by atoms with Crippen molar-refractivity contribution < 1.29 is 19.8 Å². The number of hydrogen-bond donors (Lipinski definition) is 4. The van der Waals surface area contributed by atoms with E-state index in [2.05, 4.69) is 41.0 Å². The zero-order valence-corrected chi connectivity index (χ0v) is 23.5. The fourth-order valence-corrected chi connectivity index (χ4v) is 4.22. The van der Waals surface area contributed by atoms with Crippen LogP contribution in [-0.4, -0.2) is 46.9 Å². The molecule has 1 aromatic carbocycles. The van der Waals surface area contributed by atoms with E-state index in [1.807, 2.05) is 33.8 Å². The molecule has 2 rings (SSSR count). The van der Waals surface area contributed by atoms with Gasteiger partial charge in [-0.3, -0.25) is 10.3 Å². The molecule has 1 aromatic heterocycles. The van der Waals surface area contributed by atoms with Crippen LogP contribution in [-0.2, 0) is 4.79 Å².